The van der Waals surface area contributed by atoms with E-state index in [1.54, 1.807) is 0 Å². The lowest BCUT2D eigenvalue weighted by molar-refractivity contribution is 0.143. The zero-order chi connectivity index (χ0) is 15.3. The van der Waals surface area contributed by atoms with E-state index in [4.69, 9.17) is 0 Å². The van der Waals surface area contributed by atoms with Gasteiger partial charge in [0.1, 0.15) is 0 Å². The molecule has 2 fully saturated rings. The fourth-order valence-electron chi connectivity index (χ4n) is 4.77. The van der Waals surface area contributed by atoms with E-state index in [-0.39, 0.29) is 0 Å². The molecule has 1 heterocycles. The first-order valence-electron chi connectivity index (χ1n) is 9.50. The van der Waals surface area contributed by atoms with E-state index in [1.807, 2.05) is 0 Å². The van der Waals surface area contributed by atoms with Gasteiger partial charge in [0.05, 0.1) is 0 Å². The molecule has 1 aliphatic carbocycles. The van der Waals surface area contributed by atoms with Crippen LogP contribution in [0.5, 0.6) is 0 Å². The minimum absolute atomic E-state index is 0.613. The van der Waals surface area contributed by atoms with E-state index < -0.39 is 0 Å². The fourth-order valence-corrected chi connectivity index (χ4v) is 4.77. The molecular weight excluding hydrogens is 256 g/mol. The van der Waals surface area contributed by atoms with Gasteiger partial charge in [0.15, 0.2) is 0 Å². The maximum absolute atomic E-state index is 3.96. The molecule has 2 heteroatoms. The Morgan fingerprint density at radius 2 is 1.86 bits per heavy atom. The first kappa shape index (κ1) is 17.3. The third-order valence-corrected chi connectivity index (χ3v) is 6.00. The minimum Gasteiger partial charge on any atom is -0.313 e. The molecule has 21 heavy (non-hydrogen) atoms. The van der Waals surface area contributed by atoms with E-state index in [0.717, 1.165) is 11.8 Å². The molecule has 0 radical (unpaired) electrons. The Kier molecular flexibility index (Phi) is 6.55. The standard InChI is InChI=1S/C19H38N2/c1-5-21-12-8-9-18(14-21)17(4)20-15-19(13-16(2)3)10-6-7-11-19/h16-18,20H,5-15H2,1-4H3. The molecule has 0 bridgehead atoms. The number of nitrogens with zero attached hydrogens (tertiary/aromatic N) is 1. The molecule has 0 aromatic heterocycles. The zero-order valence-electron chi connectivity index (χ0n) is 15.0. The van der Waals surface area contributed by atoms with Crippen LogP contribution >= 0.6 is 0 Å². The first-order chi connectivity index (χ1) is 10.0. The molecule has 1 aliphatic heterocycles. The summed E-state index contributed by atoms with van der Waals surface area (Å²) in [5.41, 5.74) is 0.613. The van der Waals surface area contributed by atoms with Crippen LogP contribution in [0.2, 0.25) is 0 Å². The second kappa shape index (κ2) is 7.97. The molecule has 2 rings (SSSR count). The highest BCUT2D eigenvalue weighted by Crippen LogP contribution is 2.42. The van der Waals surface area contributed by atoms with Gasteiger partial charge in [-0.3, -0.25) is 0 Å². The Morgan fingerprint density at radius 3 is 2.48 bits per heavy atom. The van der Waals surface area contributed by atoms with Crippen LogP contribution in [-0.4, -0.2) is 37.1 Å². The van der Waals surface area contributed by atoms with Gasteiger partial charge >= 0.3 is 0 Å². The number of hydrogen-bond acceptors (Lipinski definition) is 2. The molecule has 2 atom stereocenters. The average Bonchev–Trinajstić information content (AvgIpc) is 2.93. The summed E-state index contributed by atoms with van der Waals surface area (Å²) in [6, 6.07) is 0.684. The molecule has 2 nitrogen and oxygen atoms in total. The van der Waals surface area contributed by atoms with Gasteiger partial charge in [-0.15, -0.1) is 0 Å². The van der Waals surface area contributed by atoms with Gasteiger partial charge in [-0.05, 0) is 69.4 Å². The Morgan fingerprint density at radius 1 is 1.14 bits per heavy atom. The number of nitrogens with one attached hydrogen (secondary N) is 1. The number of rotatable bonds is 7. The second-order valence-electron chi connectivity index (χ2n) is 8.27. The molecule has 2 aliphatic rings. The molecule has 0 aromatic carbocycles. The molecular formula is C19H38N2. The highest BCUT2D eigenvalue weighted by molar-refractivity contribution is 4.89. The highest BCUT2D eigenvalue weighted by atomic mass is 15.1. The molecule has 1 saturated heterocycles. The molecule has 2 unspecified atom stereocenters. The summed E-state index contributed by atoms with van der Waals surface area (Å²) in [7, 11) is 0. The van der Waals surface area contributed by atoms with Crippen LogP contribution in [0.4, 0.5) is 0 Å². The predicted octanol–water partition coefficient (Wildman–Crippen LogP) is 4.30. The minimum atomic E-state index is 0.613. The van der Waals surface area contributed by atoms with E-state index in [0.29, 0.717) is 11.5 Å². The van der Waals surface area contributed by atoms with Crippen LogP contribution in [0.1, 0.15) is 72.6 Å². The van der Waals surface area contributed by atoms with Gasteiger partial charge in [0.2, 0.25) is 0 Å². The fraction of sp³-hybridized carbons (Fsp3) is 1.00. The van der Waals surface area contributed by atoms with Gasteiger partial charge in [-0.1, -0.05) is 33.6 Å². The molecule has 1 N–H and O–H groups in total. The third kappa shape index (κ3) is 4.96. The second-order valence-corrected chi connectivity index (χ2v) is 8.27. The predicted molar refractivity (Wildman–Crippen MR) is 92.7 cm³/mol. The monoisotopic (exact) mass is 294 g/mol. The van der Waals surface area contributed by atoms with E-state index in [1.165, 1.54) is 71.1 Å². The SMILES string of the molecule is CCN1CCCC(C(C)NCC2(CC(C)C)CCCC2)C1. The maximum Gasteiger partial charge on any atom is 0.00794 e. The lowest BCUT2D eigenvalue weighted by atomic mass is 9.78. The van der Waals surface area contributed by atoms with E-state index in [9.17, 15) is 0 Å². The summed E-state index contributed by atoms with van der Waals surface area (Å²) < 4.78 is 0. The lowest BCUT2D eigenvalue weighted by Crippen LogP contribution is -2.47. The van der Waals surface area contributed by atoms with Gasteiger partial charge in [-0.2, -0.15) is 0 Å². The smallest absolute Gasteiger partial charge is 0.00794 e. The van der Waals surface area contributed by atoms with Crippen LogP contribution in [0.15, 0.2) is 0 Å². The van der Waals surface area contributed by atoms with Crippen LogP contribution in [0.3, 0.4) is 0 Å². The number of hydrogen-bond donors (Lipinski definition) is 1. The Bertz CT molecular complexity index is 294. The number of likely N-dealkylation sites (tertiary alicyclic amines) is 1. The van der Waals surface area contributed by atoms with Crippen molar-refractivity contribution in [3.8, 4) is 0 Å². The maximum atomic E-state index is 3.96. The third-order valence-electron chi connectivity index (χ3n) is 6.00. The average molecular weight is 295 g/mol. The Balaban J connectivity index is 1.82. The Labute approximate surface area is 133 Å². The van der Waals surface area contributed by atoms with Gasteiger partial charge in [-0.25, -0.2) is 0 Å². The topological polar surface area (TPSA) is 15.3 Å². The molecule has 0 spiro atoms. The van der Waals surface area contributed by atoms with Crippen molar-refractivity contribution in [2.75, 3.05) is 26.2 Å². The highest BCUT2D eigenvalue weighted by Gasteiger charge is 2.35. The Hall–Kier alpha value is -0.0800. The van der Waals surface area contributed by atoms with Crippen molar-refractivity contribution in [2.45, 2.75) is 78.7 Å². The van der Waals surface area contributed by atoms with Crippen molar-refractivity contribution in [3.05, 3.63) is 0 Å². The van der Waals surface area contributed by atoms with Gasteiger partial charge in [0, 0.05) is 19.1 Å². The van der Waals surface area contributed by atoms with E-state index >= 15 is 0 Å². The molecule has 0 amide bonds. The largest absolute Gasteiger partial charge is 0.313 e. The van der Waals surface area contributed by atoms with Crippen molar-refractivity contribution < 1.29 is 0 Å². The van der Waals surface area contributed by atoms with Crippen molar-refractivity contribution >= 4 is 0 Å². The van der Waals surface area contributed by atoms with Crippen molar-refractivity contribution in [2.24, 2.45) is 17.3 Å². The molecule has 124 valence electrons. The summed E-state index contributed by atoms with van der Waals surface area (Å²) in [6.45, 7) is 14.6. The summed E-state index contributed by atoms with van der Waals surface area (Å²) in [5, 5.41) is 3.96. The zero-order valence-corrected chi connectivity index (χ0v) is 15.0. The van der Waals surface area contributed by atoms with Crippen molar-refractivity contribution in [3.63, 3.8) is 0 Å². The van der Waals surface area contributed by atoms with Gasteiger partial charge < -0.3 is 10.2 Å². The summed E-state index contributed by atoms with van der Waals surface area (Å²) in [4.78, 5) is 2.63. The van der Waals surface area contributed by atoms with Crippen LogP contribution < -0.4 is 5.32 Å². The normalized spacial score (nSPS) is 28.1. The van der Waals surface area contributed by atoms with E-state index in [2.05, 4.69) is 37.9 Å². The van der Waals surface area contributed by atoms with Crippen LogP contribution in [0.25, 0.3) is 0 Å². The molecule has 0 aromatic rings. The summed E-state index contributed by atoms with van der Waals surface area (Å²) in [5.74, 6) is 1.70. The quantitative estimate of drug-likeness (QED) is 0.753. The summed E-state index contributed by atoms with van der Waals surface area (Å²) in [6.07, 6.45) is 10.0. The molecule has 1 saturated carbocycles. The van der Waals surface area contributed by atoms with Crippen molar-refractivity contribution in [1.29, 1.82) is 0 Å². The van der Waals surface area contributed by atoms with Gasteiger partial charge in [0.25, 0.3) is 0 Å². The number of piperidine rings is 1. The van der Waals surface area contributed by atoms with Crippen molar-refractivity contribution in [1.82, 2.24) is 10.2 Å². The first-order valence-corrected chi connectivity index (χ1v) is 9.50. The summed E-state index contributed by atoms with van der Waals surface area (Å²) >= 11 is 0. The van der Waals surface area contributed by atoms with Crippen LogP contribution in [-0.2, 0) is 0 Å². The lowest BCUT2D eigenvalue weighted by Gasteiger charge is -2.38. The van der Waals surface area contributed by atoms with Crippen LogP contribution in [0, 0.1) is 17.3 Å².